The molecule has 0 aliphatic carbocycles. The lowest BCUT2D eigenvalue weighted by Gasteiger charge is -2.28. The fraction of sp³-hybridized carbons (Fsp3) is 0.500. The van der Waals surface area contributed by atoms with Gasteiger partial charge in [0.05, 0.1) is 12.6 Å². The van der Waals surface area contributed by atoms with Gasteiger partial charge in [0, 0.05) is 30.8 Å². The van der Waals surface area contributed by atoms with Gasteiger partial charge in [0.15, 0.2) is 0 Å². The second-order valence-electron chi connectivity index (χ2n) is 3.86. The first-order valence-corrected chi connectivity index (χ1v) is 5.82. The van der Waals surface area contributed by atoms with Crippen molar-refractivity contribution in [3.05, 3.63) is 34.6 Å². The molecule has 1 unspecified atom stereocenters. The summed E-state index contributed by atoms with van der Waals surface area (Å²) in [5.74, 6) is -0.322. The Morgan fingerprint density at radius 2 is 2.24 bits per heavy atom. The van der Waals surface area contributed by atoms with Gasteiger partial charge in [-0.25, -0.2) is 4.39 Å². The van der Waals surface area contributed by atoms with Crippen molar-refractivity contribution < 1.29 is 9.13 Å². The average Bonchev–Trinajstić information content (AvgIpc) is 2.31. The van der Waals surface area contributed by atoms with Crippen LogP contribution in [0.1, 0.15) is 11.6 Å². The van der Waals surface area contributed by atoms with Crippen molar-refractivity contribution in [1.82, 2.24) is 4.90 Å². The number of ether oxygens (including phenoxy) is 1. The van der Waals surface area contributed by atoms with Crippen molar-refractivity contribution in [2.45, 2.75) is 6.04 Å². The van der Waals surface area contributed by atoms with Gasteiger partial charge in [0.25, 0.3) is 0 Å². The molecule has 0 saturated heterocycles. The Kier molecular flexibility index (Phi) is 5.85. The Hall–Kier alpha value is -0.680. The first kappa shape index (κ1) is 14.4. The minimum absolute atomic E-state index is 0.237. The summed E-state index contributed by atoms with van der Waals surface area (Å²) in [6.45, 7) is 1.54. The Morgan fingerprint density at radius 1 is 1.53 bits per heavy atom. The summed E-state index contributed by atoms with van der Waals surface area (Å²) < 4.78 is 18.8. The van der Waals surface area contributed by atoms with Crippen molar-refractivity contribution in [3.8, 4) is 0 Å². The first-order chi connectivity index (χ1) is 8.11. The fourth-order valence-electron chi connectivity index (χ4n) is 1.74. The molecule has 5 heteroatoms. The zero-order chi connectivity index (χ0) is 12.8. The number of rotatable bonds is 6. The number of likely N-dealkylation sites (N-methyl/N-ethyl adjacent to an activating group) is 1. The lowest BCUT2D eigenvalue weighted by Crippen LogP contribution is -2.33. The van der Waals surface area contributed by atoms with Crippen molar-refractivity contribution >= 4 is 11.6 Å². The van der Waals surface area contributed by atoms with Gasteiger partial charge >= 0.3 is 0 Å². The van der Waals surface area contributed by atoms with E-state index in [4.69, 9.17) is 22.1 Å². The molecule has 0 bridgehead atoms. The maximum absolute atomic E-state index is 13.8. The normalized spacial score (nSPS) is 13.1. The van der Waals surface area contributed by atoms with E-state index < -0.39 is 0 Å². The van der Waals surface area contributed by atoms with E-state index in [0.717, 1.165) is 0 Å². The van der Waals surface area contributed by atoms with Gasteiger partial charge in [-0.3, -0.25) is 4.90 Å². The lowest BCUT2D eigenvalue weighted by molar-refractivity contribution is 0.139. The van der Waals surface area contributed by atoms with Gasteiger partial charge in [-0.05, 0) is 19.2 Å². The topological polar surface area (TPSA) is 38.5 Å². The molecule has 1 atom stereocenters. The van der Waals surface area contributed by atoms with Gasteiger partial charge in [-0.2, -0.15) is 0 Å². The monoisotopic (exact) mass is 260 g/mol. The molecule has 0 amide bonds. The van der Waals surface area contributed by atoms with Crippen molar-refractivity contribution in [2.24, 2.45) is 5.73 Å². The first-order valence-electron chi connectivity index (χ1n) is 5.45. The highest BCUT2D eigenvalue weighted by atomic mass is 35.5. The predicted molar refractivity (Wildman–Crippen MR) is 67.7 cm³/mol. The Morgan fingerprint density at radius 3 is 2.76 bits per heavy atom. The third kappa shape index (κ3) is 3.64. The zero-order valence-electron chi connectivity index (χ0n) is 10.1. The summed E-state index contributed by atoms with van der Waals surface area (Å²) in [5.41, 5.74) is 6.16. The van der Waals surface area contributed by atoms with E-state index in [1.807, 2.05) is 11.9 Å². The van der Waals surface area contributed by atoms with Crippen LogP contribution in [-0.2, 0) is 4.74 Å². The van der Waals surface area contributed by atoms with Gasteiger partial charge in [-0.15, -0.1) is 0 Å². The van der Waals surface area contributed by atoms with Crippen LogP contribution in [-0.4, -0.2) is 38.8 Å². The largest absolute Gasteiger partial charge is 0.383 e. The number of methoxy groups -OCH3 is 1. The van der Waals surface area contributed by atoms with Crippen LogP contribution >= 0.6 is 11.6 Å². The summed E-state index contributed by atoms with van der Waals surface area (Å²) in [7, 11) is 3.50. The van der Waals surface area contributed by atoms with E-state index >= 15 is 0 Å². The molecule has 96 valence electrons. The van der Waals surface area contributed by atoms with Crippen molar-refractivity contribution in [3.63, 3.8) is 0 Å². The van der Waals surface area contributed by atoms with Crippen LogP contribution in [0.2, 0.25) is 5.02 Å². The van der Waals surface area contributed by atoms with Crippen LogP contribution in [0.25, 0.3) is 0 Å². The molecule has 0 aliphatic rings. The minimum atomic E-state index is -0.322. The number of benzene rings is 1. The molecule has 0 aliphatic heterocycles. The number of halogens is 2. The van der Waals surface area contributed by atoms with Crippen LogP contribution in [0.4, 0.5) is 4.39 Å². The highest BCUT2D eigenvalue weighted by molar-refractivity contribution is 6.31. The Bertz CT molecular complexity index is 342. The van der Waals surface area contributed by atoms with E-state index in [0.29, 0.717) is 30.3 Å². The highest BCUT2D eigenvalue weighted by Gasteiger charge is 2.21. The minimum Gasteiger partial charge on any atom is -0.383 e. The van der Waals surface area contributed by atoms with Gasteiger partial charge in [0.1, 0.15) is 5.82 Å². The molecule has 0 radical (unpaired) electrons. The maximum atomic E-state index is 13.8. The zero-order valence-corrected chi connectivity index (χ0v) is 10.9. The molecule has 3 nitrogen and oxygen atoms in total. The van der Waals surface area contributed by atoms with Crippen LogP contribution in [0.15, 0.2) is 18.2 Å². The van der Waals surface area contributed by atoms with E-state index in [-0.39, 0.29) is 11.9 Å². The molecule has 0 heterocycles. The van der Waals surface area contributed by atoms with E-state index in [9.17, 15) is 4.39 Å². The summed E-state index contributed by atoms with van der Waals surface area (Å²) >= 11 is 6.03. The number of nitrogens with two attached hydrogens (primary N) is 1. The maximum Gasteiger partial charge on any atom is 0.129 e. The van der Waals surface area contributed by atoms with Crippen molar-refractivity contribution in [2.75, 3.05) is 33.9 Å². The summed E-state index contributed by atoms with van der Waals surface area (Å²) in [6, 6.07) is 4.42. The highest BCUT2D eigenvalue weighted by Crippen LogP contribution is 2.28. The van der Waals surface area contributed by atoms with E-state index in [2.05, 4.69) is 0 Å². The smallest absolute Gasteiger partial charge is 0.129 e. The molecule has 1 aromatic carbocycles. The number of hydrogen-bond acceptors (Lipinski definition) is 3. The molecular weight excluding hydrogens is 243 g/mol. The third-order valence-corrected chi connectivity index (χ3v) is 3.07. The number of hydrogen-bond donors (Lipinski definition) is 1. The predicted octanol–water partition coefficient (Wildman–Crippen LogP) is 2.06. The van der Waals surface area contributed by atoms with Crippen molar-refractivity contribution in [1.29, 1.82) is 0 Å². The second kappa shape index (κ2) is 6.91. The molecular formula is C12H18ClFN2O. The average molecular weight is 261 g/mol. The number of nitrogens with zero attached hydrogens (tertiary/aromatic N) is 1. The standard InChI is InChI=1S/C12H18ClFN2O/c1-16(6-7-17-2)11(8-15)12-9(13)4-3-5-10(12)14/h3-5,11H,6-8,15H2,1-2H3. The van der Waals surface area contributed by atoms with Gasteiger partial charge in [-0.1, -0.05) is 17.7 Å². The second-order valence-corrected chi connectivity index (χ2v) is 4.27. The van der Waals surface area contributed by atoms with Crippen LogP contribution < -0.4 is 5.73 Å². The lowest BCUT2D eigenvalue weighted by atomic mass is 10.0. The molecule has 1 aromatic rings. The molecule has 0 spiro atoms. The van der Waals surface area contributed by atoms with Crippen LogP contribution in [0, 0.1) is 5.82 Å². The molecule has 0 fully saturated rings. The summed E-state index contributed by atoms with van der Waals surface area (Å²) in [6.07, 6.45) is 0. The van der Waals surface area contributed by atoms with Crippen LogP contribution in [0.3, 0.4) is 0 Å². The van der Waals surface area contributed by atoms with Gasteiger partial charge in [0.2, 0.25) is 0 Å². The molecule has 1 rings (SSSR count). The molecule has 17 heavy (non-hydrogen) atoms. The fourth-order valence-corrected chi connectivity index (χ4v) is 2.03. The summed E-state index contributed by atoms with van der Waals surface area (Å²) in [5, 5.41) is 0.407. The van der Waals surface area contributed by atoms with E-state index in [1.165, 1.54) is 6.07 Å². The Labute approximate surface area is 106 Å². The quantitative estimate of drug-likeness (QED) is 0.851. The third-order valence-electron chi connectivity index (χ3n) is 2.74. The molecule has 0 aromatic heterocycles. The summed E-state index contributed by atoms with van der Waals surface area (Å²) in [4.78, 5) is 1.94. The Balaban J connectivity index is 2.93. The van der Waals surface area contributed by atoms with Crippen LogP contribution in [0.5, 0.6) is 0 Å². The van der Waals surface area contributed by atoms with Gasteiger partial charge < -0.3 is 10.5 Å². The van der Waals surface area contributed by atoms with E-state index in [1.54, 1.807) is 19.2 Å². The molecule has 0 saturated carbocycles. The SMILES string of the molecule is COCCN(C)C(CN)c1c(F)cccc1Cl. The molecule has 2 N–H and O–H groups in total.